The topological polar surface area (TPSA) is 32.5 Å². The Kier molecular flexibility index (Phi) is 3.65. The molecule has 0 aromatic carbocycles. The van der Waals surface area contributed by atoms with Gasteiger partial charge in [0.2, 0.25) is 0 Å². The minimum Gasteiger partial charge on any atom is -0.330 e. The number of likely N-dealkylation sites (tertiary alicyclic amines) is 2. The van der Waals surface area contributed by atoms with Crippen molar-refractivity contribution in [2.75, 3.05) is 40.3 Å². The van der Waals surface area contributed by atoms with Crippen LogP contribution in [0.1, 0.15) is 19.3 Å². The zero-order valence-electron chi connectivity index (χ0n) is 10.2. The van der Waals surface area contributed by atoms with E-state index in [9.17, 15) is 0 Å². The average molecular weight is 211 g/mol. The first-order valence-corrected chi connectivity index (χ1v) is 6.31. The molecule has 2 heterocycles. The second-order valence-electron chi connectivity index (χ2n) is 5.39. The molecule has 3 atom stereocenters. The summed E-state index contributed by atoms with van der Waals surface area (Å²) in [4.78, 5) is 5.06. The molecular weight excluding hydrogens is 186 g/mol. The molecule has 0 radical (unpaired) electrons. The maximum atomic E-state index is 5.72. The molecule has 0 aliphatic carbocycles. The third-order valence-corrected chi connectivity index (χ3v) is 4.39. The Morgan fingerprint density at radius 3 is 2.73 bits per heavy atom. The SMILES string of the molecule is CN1CCC2C(C1)C(CCN)CCN2C. The molecule has 0 aromatic heterocycles. The second kappa shape index (κ2) is 4.81. The van der Waals surface area contributed by atoms with Crippen molar-refractivity contribution in [2.45, 2.75) is 25.3 Å². The smallest absolute Gasteiger partial charge is 0.0147 e. The summed E-state index contributed by atoms with van der Waals surface area (Å²) in [6.07, 6.45) is 3.92. The van der Waals surface area contributed by atoms with Gasteiger partial charge in [0.15, 0.2) is 0 Å². The van der Waals surface area contributed by atoms with E-state index in [1.807, 2.05) is 0 Å². The number of rotatable bonds is 2. The molecule has 2 rings (SSSR count). The molecule has 0 saturated carbocycles. The van der Waals surface area contributed by atoms with E-state index in [1.54, 1.807) is 0 Å². The lowest BCUT2D eigenvalue weighted by Gasteiger charge is -2.49. The average Bonchev–Trinajstić information content (AvgIpc) is 2.22. The fourth-order valence-electron chi connectivity index (χ4n) is 3.47. The van der Waals surface area contributed by atoms with Crippen molar-refractivity contribution in [3.8, 4) is 0 Å². The van der Waals surface area contributed by atoms with Gasteiger partial charge < -0.3 is 15.5 Å². The predicted molar refractivity (Wildman–Crippen MR) is 63.8 cm³/mol. The summed E-state index contributed by atoms with van der Waals surface area (Å²) < 4.78 is 0. The maximum Gasteiger partial charge on any atom is 0.0147 e. The quantitative estimate of drug-likeness (QED) is 0.726. The lowest BCUT2D eigenvalue weighted by Crippen LogP contribution is -2.55. The minimum atomic E-state index is 0.825. The van der Waals surface area contributed by atoms with E-state index >= 15 is 0 Å². The van der Waals surface area contributed by atoms with Gasteiger partial charge in [0.05, 0.1) is 0 Å². The van der Waals surface area contributed by atoms with Crippen LogP contribution in [0.5, 0.6) is 0 Å². The van der Waals surface area contributed by atoms with Crippen LogP contribution in [-0.2, 0) is 0 Å². The van der Waals surface area contributed by atoms with Crippen LogP contribution in [0.2, 0.25) is 0 Å². The summed E-state index contributed by atoms with van der Waals surface area (Å²) in [5, 5.41) is 0. The minimum absolute atomic E-state index is 0.825. The summed E-state index contributed by atoms with van der Waals surface area (Å²) in [5.74, 6) is 1.74. The molecule has 88 valence electrons. The highest BCUT2D eigenvalue weighted by Crippen LogP contribution is 2.35. The molecule has 2 saturated heterocycles. The van der Waals surface area contributed by atoms with E-state index in [1.165, 1.54) is 38.9 Å². The molecule has 0 spiro atoms. The number of nitrogens with zero attached hydrogens (tertiary/aromatic N) is 2. The molecule has 15 heavy (non-hydrogen) atoms. The molecule has 3 heteroatoms. The standard InChI is InChI=1S/C12H25N3/c1-14-7-5-12-11(9-14)10(3-6-13)4-8-15(12)2/h10-12H,3-9,13H2,1-2H3. The van der Waals surface area contributed by atoms with Gasteiger partial charge in [-0.3, -0.25) is 0 Å². The van der Waals surface area contributed by atoms with E-state index in [4.69, 9.17) is 5.73 Å². The first kappa shape index (κ1) is 11.4. The number of hydrogen-bond donors (Lipinski definition) is 1. The second-order valence-corrected chi connectivity index (χ2v) is 5.39. The molecule has 3 nitrogen and oxygen atoms in total. The molecule has 2 aliphatic rings. The van der Waals surface area contributed by atoms with Crippen molar-refractivity contribution in [1.82, 2.24) is 9.80 Å². The Balaban J connectivity index is 2.03. The van der Waals surface area contributed by atoms with Crippen molar-refractivity contribution in [1.29, 1.82) is 0 Å². The maximum absolute atomic E-state index is 5.72. The van der Waals surface area contributed by atoms with Crippen LogP contribution in [0.4, 0.5) is 0 Å². The molecule has 2 aliphatic heterocycles. The van der Waals surface area contributed by atoms with Crippen LogP contribution in [0, 0.1) is 11.8 Å². The van der Waals surface area contributed by atoms with Gasteiger partial charge in [-0.05, 0) is 64.8 Å². The normalized spacial score (nSPS) is 39.0. The Morgan fingerprint density at radius 2 is 2.00 bits per heavy atom. The van der Waals surface area contributed by atoms with Crippen LogP contribution >= 0.6 is 0 Å². The zero-order chi connectivity index (χ0) is 10.8. The van der Waals surface area contributed by atoms with Gasteiger partial charge in [-0.15, -0.1) is 0 Å². The Labute approximate surface area is 93.6 Å². The van der Waals surface area contributed by atoms with E-state index in [2.05, 4.69) is 23.9 Å². The number of hydrogen-bond acceptors (Lipinski definition) is 3. The van der Waals surface area contributed by atoms with Gasteiger partial charge in [0.1, 0.15) is 0 Å². The van der Waals surface area contributed by atoms with Crippen molar-refractivity contribution in [3.63, 3.8) is 0 Å². The first-order valence-electron chi connectivity index (χ1n) is 6.31. The number of fused-ring (bicyclic) bond motifs is 1. The molecule has 0 aromatic rings. The summed E-state index contributed by atoms with van der Waals surface area (Å²) >= 11 is 0. The van der Waals surface area contributed by atoms with Crippen LogP contribution in [-0.4, -0.2) is 56.1 Å². The third kappa shape index (κ3) is 2.35. The van der Waals surface area contributed by atoms with E-state index in [-0.39, 0.29) is 0 Å². The summed E-state index contributed by atoms with van der Waals surface area (Å²) in [6.45, 7) is 4.68. The molecule has 0 bridgehead atoms. The van der Waals surface area contributed by atoms with Crippen LogP contribution < -0.4 is 5.73 Å². The lowest BCUT2D eigenvalue weighted by atomic mass is 9.75. The molecule has 2 N–H and O–H groups in total. The van der Waals surface area contributed by atoms with Gasteiger partial charge in [0.25, 0.3) is 0 Å². The van der Waals surface area contributed by atoms with Crippen molar-refractivity contribution >= 4 is 0 Å². The van der Waals surface area contributed by atoms with Crippen molar-refractivity contribution in [2.24, 2.45) is 17.6 Å². The fraction of sp³-hybridized carbons (Fsp3) is 1.00. The van der Waals surface area contributed by atoms with Crippen molar-refractivity contribution < 1.29 is 0 Å². The highest BCUT2D eigenvalue weighted by atomic mass is 15.2. The molecular formula is C12H25N3. The van der Waals surface area contributed by atoms with Gasteiger partial charge in [0, 0.05) is 12.6 Å². The molecule has 3 unspecified atom stereocenters. The van der Waals surface area contributed by atoms with E-state index in [0.717, 1.165) is 24.4 Å². The van der Waals surface area contributed by atoms with Gasteiger partial charge in [-0.2, -0.15) is 0 Å². The van der Waals surface area contributed by atoms with Gasteiger partial charge >= 0.3 is 0 Å². The Hall–Kier alpha value is -0.120. The molecule has 0 amide bonds. The van der Waals surface area contributed by atoms with Crippen molar-refractivity contribution in [3.05, 3.63) is 0 Å². The highest BCUT2D eigenvalue weighted by molar-refractivity contribution is 4.92. The van der Waals surface area contributed by atoms with E-state index in [0.29, 0.717) is 0 Å². The number of piperidine rings is 2. The van der Waals surface area contributed by atoms with Crippen LogP contribution in [0.25, 0.3) is 0 Å². The summed E-state index contributed by atoms with van der Waals surface area (Å²) in [6, 6.07) is 0.825. The van der Waals surface area contributed by atoms with Crippen LogP contribution in [0.15, 0.2) is 0 Å². The fourth-order valence-corrected chi connectivity index (χ4v) is 3.47. The van der Waals surface area contributed by atoms with Gasteiger partial charge in [-0.1, -0.05) is 0 Å². The first-order chi connectivity index (χ1) is 7.22. The third-order valence-electron chi connectivity index (χ3n) is 4.39. The molecule has 2 fully saturated rings. The summed E-state index contributed by atoms with van der Waals surface area (Å²) in [7, 11) is 4.55. The Morgan fingerprint density at radius 1 is 1.20 bits per heavy atom. The lowest BCUT2D eigenvalue weighted by molar-refractivity contribution is 0.00760. The van der Waals surface area contributed by atoms with E-state index < -0.39 is 0 Å². The predicted octanol–water partition coefficient (Wildman–Crippen LogP) is 0.607. The monoisotopic (exact) mass is 211 g/mol. The Bertz CT molecular complexity index is 207. The van der Waals surface area contributed by atoms with Gasteiger partial charge in [-0.25, -0.2) is 0 Å². The summed E-state index contributed by atoms with van der Waals surface area (Å²) in [5.41, 5.74) is 5.72. The van der Waals surface area contributed by atoms with Crippen LogP contribution in [0.3, 0.4) is 0 Å². The highest BCUT2D eigenvalue weighted by Gasteiger charge is 2.38. The largest absolute Gasteiger partial charge is 0.330 e. The zero-order valence-corrected chi connectivity index (χ0v) is 10.2. The number of nitrogens with two attached hydrogens (primary N) is 1.